The van der Waals surface area contributed by atoms with Crippen molar-refractivity contribution in [1.29, 1.82) is 0 Å². The Morgan fingerprint density at radius 3 is 2.48 bits per heavy atom. The van der Waals surface area contributed by atoms with E-state index in [1.807, 2.05) is 0 Å². The Kier molecular flexibility index (Phi) is 7.60. The number of hydrogen-bond acceptors (Lipinski definition) is 4. The number of carbonyl (C=O) groups is 1. The maximum absolute atomic E-state index is 14.5. The number of halogens is 1. The smallest absolute Gasteiger partial charge is 0.237 e. The fourth-order valence-electron chi connectivity index (χ4n) is 7.02. The van der Waals surface area contributed by atoms with Crippen LogP contribution in [0.4, 0.5) is 4.39 Å². The van der Waals surface area contributed by atoms with Gasteiger partial charge in [-0.3, -0.25) is 4.79 Å². The van der Waals surface area contributed by atoms with Gasteiger partial charge in [-0.05, 0) is 90.4 Å². The fourth-order valence-corrected chi connectivity index (χ4v) is 7.02. The van der Waals surface area contributed by atoms with Gasteiger partial charge in [0, 0.05) is 30.1 Å². The monoisotopic (exact) mass is 436 g/mol. The van der Waals surface area contributed by atoms with Gasteiger partial charge in [0.25, 0.3) is 0 Å². The van der Waals surface area contributed by atoms with Crippen LogP contribution in [0.15, 0.2) is 0 Å². The molecular weight excluding hydrogens is 391 g/mol. The summed E-state index contributed by atoms with van der Waals surface area (Å²) in [6, 6.07) is 1.49. The van der Waals surface area contributed by atoms with Gasteiger partial charge in [0.2, 0.25) is 5.91 Å². The summed E-state index contributed by atoms with van der Waals surface area (Å²) >= 11 is 0. The molecule has 8 atom stereocenters. The normalized spacial score (nSPS) is 42.5. The molecule has 4 fully saturated rings. The molecule has 2 saturated carbocycles. The van der Waals surface area contributed by atoms with Crippen molar-refractivity contribution in [3.05, 3.63) is 0 Å². The van der Waals surface area contributed by atoms with E-state index in [9.17, 15) is 9.18 Å². The summed E-state index contributed by atoms with van der Waals surface area (Å²) in [5.41, 5.74) is 0. The van der Waals surface area contributed by atoms with Gasteiger partial charge in [-0.25, -0.2) is 4.39 Å². The number of amides is 1. The average Bonchev–Trinajstić information content (AvgIpc) is 3.23. The molecule has 0 bridgehead atoms. The third-order valence-electron chi connectivity index (χ3n) is 9.10. The van der Waals surface area contributed by atoms with E-state index in [4.69, 9.17) is 0 Å². The lowest BCUT2D eigenvalue weighted by atomic mass is 9.77. The van der Waals surface area contributed by atoms with Crippen LogP contribution < -0.4 is 10.6 Å². The van der Waals surface area contributed by atoms with E-state index < -0.39 is 6.17 Å². The standard InChI is InChI=1S/C25H45FN4O/c1-5-17-12-18(14-20(13-17)30-10-8-19(9-11-30)29(3)4)27-25(31)23-15-21-22(26)7-6-16(2)24(21)28-23/h16-24,28H,5-15H2,1-4H3,(H,27,31). The first-order valence-corrected chi connectivity index (χ1v) is 13.0. The van der Waals surface area contributed by atoms with Crippen LogP contribution in [0.5, 0.6) is 0 Å². The minimum atomic E-state index is -0.750. The Hall–Kier alpha value is -0.720. The number of fused-ring (bicyclic) bond motifs is 1. The van der Waals surface area contributed by atoms with Crippen molar-refractivity contribution >= 4 is 5.91 Å². The van der Waals surface area contributed by atoms with Gasteiger partial charge in [0.05, 0.1) is 6.04 Å². The van der Waals surface area contributed by atoms with Crippen LogP contribution in [-0.4, -0.2) is 79.3 Å². The second-order valence-electron chi connectivity index (χ2n) is 11.3. The third-order valence-corrected chi connectivity index (χ3v) is 9.10. The number of alkyl halides is 1. The Balaban J connectivity index is 1.33. The molecule has 0 aromatic rings. The first kappa shape index (κ1) is 23.4. The van der Waals surface area contributed by atoms with Crippen LogP contribution in [0.25, 0.3) is 0 Å². The maximum Gasteiger partial charge on any atom is 0.237 e. The zero-order chi connectivity index (χ0) is 22.1. The molecule has 6 heteroatoms. The van der Waals surface area contributed by atoms with Crippen molar-refractivity contribution in [2.45, 2.75) is 108 Å². The number of likely N-dealkylation sites (tertiary alicyclic amines) is 1. The number of nitrogens with one attached hydrogen (secondary N) is 2. The molecule has 1 amide bonds. The first-order chi connectivity index (χ1) is 14.9. The number of rotatable bonds is 5. The lowest BCUT2D eigenvalue weighted by Crippen LogP contribution is -2.54. The van der Waals surface area contributed by atoms with E-state index in [0.717, 1.165) is 19.3 Å². The zero-order valence-corrected chi connectivity index (χ0v) is 20.2. The molecule has 2 aliphatic carbocycles. The fraction of sp³-hybridized carbons (Fsp3) is 0.960. The van der Waals surface area contributed by atoms with Gasteiger partial charge in [-0.2, -0.15) is 0 Å². The lowest BCUT2D eigenvalue weighted by Gasteiger charge is -2.44. The lowest BCUT2D eigenvalue weighted by molar-refractivity contribution is -0.124. The second-order valence-corrected chi connectivity index (χ2v) is 11.3. The summed E-state index contributed by atoms with van der Waals surface area (Å²) in [7, 11) is 4.39. The largest absolute Gasteiger partial charge is 0.352 e. The van der Waals surface area contributed by atoms with E-state index in [1.165, 1.54) is 38.8 Å². The van der Waals surface area contributed by atoms with E-state index >= 15 is 0 Å². The summed E-state index contributed by atoms with van der Waals surface area (Å²) in [4.78, 5) is 18.2. The summed E-state index contributed by atoms with van der Waals surface area (Å²) in [6.45, 7) is 6.84. The highest BCUT2D eigenvalue weighted by Crippen LogP contribution is 2.39. The van der Waals surface area contributed by atoms with Gasteiger partial charge < -0.3 is 20.4 Å². The predicted molar refractivity (Wildman–Crippen MR) is 124 cm³/mol. The van der Waals surface area contributed by atoms with Crippen LogP contribution in [-0.2, 0) is 4.79 Å². The average molecular weight is 437 g/mol. The molecule has 0 radical (unpaired) electrons. The van der Waals surface area contributed by atoms with Crippen molar-refractivity contribution in [3.63, 3.8) is 0 Å². The third kappa shape index (κ3) is 5.27. The van der Waals surface area contributed by atoms with Gasteiger partial charge in [-0.1, -0.05) is 20.3 Å². The van der Waals surface area contributed by atoms with Gasteiger partial charge in [0.1, 0.15) is 6.17 Å². The molecule has 0 aromatic carbocycles. The highest BCUT2D eigenvalue weighted by Gasteiger charge is 2.46. The Morgan fingerprint density at radius 1 is 1.10 bits per heavy atom. The Labute approximate surface area is 188 Å². The number of carbonyl (C=O) groups excluding carboxylic acids is 1. The number of nitrogens with zero attached hydrogens (tertiary/aromatic N) is 2. The van der Waals surface area contributed by atoms with E-state index in [0.29, 0.717) is 36.8 Å². The molecule has 4 rings (SSSR count). The SMILES string of the molecule is CCC1CC(NC(=O)C2CC3C(F)CCC(C)C3N2)CC(N2CCC(N(C)C)CC2)C1. The van der Waals surface area contributed by atoms with Crippen molar-refractivity contribution in [1.82, 2.24) is 20.4 Å². The summed E-state index contributed by atoms with van der Waals surface area (Å²) in [6.07, 6.45) is 8.59. The number of piperidine rings is 1. The van der Waals surface area contributed by atoms with Crippen LogP contribution in [0.3, 0.4) is 0 Å². The quantitative estimate of drug-likeness (QED) is 0.695. The van der Waals surface area contributed by atoms with Gasteiger partial charge in [0.15, 0.2) is 0 Å². The molecule has 2 saturated heterocycles. The molecule has 2 heterocycles. The van der Waals surface area contributed by atoms with Crippen molar-refractivity contribution in [3.8, 4) is 0 Å². The minimum absolute atomic E-state index is 0.0139. The molecule has 4 aliphatic rings. The minimum Gasteiger partial charge on any atom is -0.352 e. The zero-order valence-electron chi connectivity index (χ0n) is 20.2. The molecule has 5 nitrogen and oxygen atoms in total. The molecule has 0 aromatic heterocycles. The van der Waals surface area contributed by atoms with Crippen LogP contribution in [0.2, 0.25) is 0 Å². The molecule has 178 valence electrons. The molecule has 8 unspecified atom stereocenters. The van der Waals surface area contributed by atoms with E-state index in [-0.39, 0.29) is 30.0 Å². The summed E-state index contributed by atoms with van der Waals surface area (Å²) in [5.74, 6) is 1.27. The van der Waals surface area contributed by atoms with Crippen LogP contribution in [0, 0.1) is 17.8 Å². The highest BCUT2D eigenvalue weighted by atomic mass is 19.1. The van der Waals surface area contributed by atoms with Crippen molar-refractivity contribution in [2.24, 2.45) is 17.8 Å². The molecule has 2 aliphatic heterocycles. The molecular formula is C25H45FN4O. The maximum atomic E-state index is 14.5. The van der Waals surface area contributed by atoms with Crippen LogP contribution >= 0.6 is 0 Å². The molecule has 0 spiro atoms. The summed E-state index contributed by atoms with van der Waals surface area (Å²) in [5, 5.41) is 6.91. The molecule has 2 N–H and O–H groups in total. The van der Waals surface area contributed by atoms with Crippen LogP contribution in [0.1, 0.15) is 71.6 Å². The Bertz CT molecular complexity index is 590. The predicted octanol–water partition coefficient (Wildman–Crippen LogP) is 3.19. The van der Waals surface area contributed by atoms with Gasteiger partial charge >= 0.3 is 0 Å². The van der Waals surface area contributed by atoms with Crippen molar-refractivity contribution < 1.29 is 9.18 Å². The second kappa shape index (κ2) is 10.0. The summed E-state index contributed by atoms with van der Waals surface area (Å²) < 4.78 is 14.5. The van der Waals surface area contributed by atoms with E-state index in [2.05, 4.69) is 48.4 Å². The Morgan fingerprint density at radius 2 is 1.84 bits per heavy atom. The van der Waals surface area contributed by atoms with E-state index in [1.54, 1.807) is 0 Å². The number of hydrogen-bond donors (Lipinski definition) is 2. The highest BCUT2D eigenvalue weighted by molar-refractivity contribution is 5.82. The first-order valence-electron chi connectivity index (χ1n) is 13.0. The topological polar surface area (TPSA) is 47.6 Å². The van der Waals surface area contributed by atoms with Gasteiger partial charge in [-0.15, -0.1) is 0 Å². The van der Waals surface area contributed by atoms with Crippen molar-refractivity contribution in [2.75, 3.05) is 27.2 Å². The molecule has 31 heavy (non-hydrogen) atoms.